The number of nitrogens with zero attached hydrogens (tertiary/aromatic N) is 1. The van der Waals surface area contributed by atoms with Gasteiger partial charge < -0.3 is 9.63 Å². The first kappa shape index (κ1) is 19.4. The van der Waals surface area contributed by atoms with Gasteiger partial charge in [-0.05, 0) is 54.2 Å². The van der Waals surface area contributed by atoms with Crippen molar-refractivity contribution in [3.05, 3.63) is 58.6 Å². The van der Waals surface area contributed by atoms with E-state index in [0.29, 0.717) is 5.69 Å². The number of hydrogen-bond donors (Lipinski definition) is 1. The van der Waals surface area contributed by atoms with E-state index in [1.165, 1.54) is 0 Å². The molecule has 0 unspecified atom stereocenters. The van der Waals surface area contributed by atoms with Crippen molar-refractivity contribution in [1.29, 1.82) is 0 Å². The van der Waals surface area contributed by atoms with Gasteiger partial charge in [0.15, 0.2) is 5.76 Å². The molecule has 0 atom stereocenters. The Morgan fingerprint density at radius 3 is 2.33 bits per heavy atom. The molecule has 3 nitrogen and oxygen atoms in total. The van der Waals surface area contributed by atoms with Crippen LogP contribution in [0.3, 0.4) is 0 Å². The molecule has 142 valence electrons. The third-order valence-corrected chi connectivity index (χ3v) is 4.66. The zero-order valence-corrected chi connectivity index (χ0v) is 16.1. The van der Waals surface area contributed by atoms with Gasteiger partial charge in [-0.3, -0.25) is 0 Å². The molecule has 0 radical (unpaired) electrons. The minimum atomic E-state index is -0.862. The minimum absolute atomic E-state index is 0.145. The maximum absolute atomic E-state index is 13.7. The van der Waals surface area contributed by atoms with Crippen LogP contribution in [0.15, 0.2) is 40.9 Å². The lowest BCUT2D eigenvalue weighted by Crippen LogP contribution is -2.06. The fourth-order valence-electron chi connectivity index (χ4n) is 2.70. The summed E-state index contributed by atoms with van der Waals surface area (Å²) in [6.07, 6.45) is 1.64. The Balaban J connectivity index is 1.90. The van der Waals surface area contributed by atoms with Crippen LogP contribution in [0.4, 0.5) is 8.78 Å². The van der Waals surface area contributed by atoms with Crippen LogP contribution in [-0.2, 0) is 6.42 Å². The number of halogens is 3. The second-order valence-electron chi connectivity index (χ2n) is 7.73. The number of aryl methyl sites for hydroxylation is 1. The molecule has 0 spiro atoms. The quantitative estimate of drug-likeness (QED) is 0.508. The van der Waals surface area contributed by atoms with E-state index in [2.05, 4.69) is 25.9 Å². The van der Waals surface area contributed by atoms with E-state index in [4.69, 9.17) is 16.1 Å². The molecule has 0 aliphatic carbocycles. The number of phenolic OH excluding ortho intramolecular Hbond substituents is 1. The minimum Gasteiger partial charge on any atom is -0.508 e. The molecule has 0 saturated heterocycles. The third kappa shape index (κ3) is 4.48. The predicted molar refractivity (Wildman–Crippen MR) is 102 cm³/mol. The zero-order chi connectivity index (χ0) is 19.8. The van der Waals surface area contributed by atoms with Gasteiger partial charge in [0.25, 0.3) is 0 Å². The van der Waals surface area contributed by atoms with Crippen molar-refractivity contribution in [1.82, 2.24) is 5.16 Å². The number of aromatic nitrogens is 1. The molecular weight excluding hydrogens is 372 g/mol. The SMILES string of the molecule is CC(C)(C)CCc1cc(-c2cc(-c3cc(F)c(Cl)c(F)c3)on2)ccc1O. The van der Waals surface area contributed by atoms with Crippen LogP contribution >= 0.6 is 11.6 Å². The molecular formula is C21H20ClF2NO2. The van der Waals surface area contributed by atoms with Crippen LogP contribution in [0.2, 0.25) is 5.02 Å². The van der Waals surface area contributed by atoms with Crippen LogP contribution in [0.5, 0.6) is 5.75 Å². The summed E-state index contributed by atoms with van der Waals surface area (Å²) >= 11 is 5.51. The third-order valence-electron chi connectivity index (χ3n) is 4.30. The molecule has 0 amide bonds. The fraction of sp³-hybridized carbons (Fsp3) is 0.286. The number of hydrogen-bond acceptors (Lipinski definition) is 3. The molecule has 2 aromatic carbocycles. The number of phenols is 1. The van der Waals surface area contributed by atoms with Gasteiger partial charge in [0.05, 0.1) is 0 Å². The maximum atomic E-state index is 13.7. The van der Waals surface area contributed by atoms with Gasteiger partial charge in [-0.2, -0.15) is 0 Å². The molecule has 1 N–H and O–H groups in total. The van der Waals surface area contributed by atoms with Crippen molar-refractivity contribution in [3.63, 3.8) is 0 Å². The Bertz CT molecular complexity index is 954. The molecule has 1 aromatic heterocycles. The molecule has 27 heavy (non-hydrogen) atoms. The second kappa shape index (κ2) is 7.31. The fourth-order valence-corrected chi connectivity index (χ4v) is 2.81. The van der Waals surface area contributed by atoms with E-state index in [1.807, 2.05) is 6.07 Å². The van der Waals surface area contributed by atoms with Gasteiger partial charge in [0, 0.05) is 17.2 Å². The highest BCUT2D eigenvalue weighted by Gasteiger charge is 2.16. The van der Waals surface area contributed by atoms with Crippen molar-refractivity contribution in [2.24, 2.45) is 5.41 Å². The Morgan fingerprint density at radius 1 is 1.04 bits per heavy atom. The Morgan fingerprint density at radius 2 is 1.70 bits per heavy atom. The van der Waals surface area contributed by atoms with E-state index in [-0.39, 0.29) is 22.5 Å². The Labute approximate surface area is 161 Å². The summed E-state index contributed by atoms with van der Waals surface area (Å²) in [5, 5.41) is 13.5. The highest BCUT2D eigenvalue weighted by atomic mass is 35.5. The molecule has 6 heteroatoms. The smallest absolute Gasteiger partial charge is 0.167 e. The van der Waals surface area contributed by atoms with Crippen LogP contribution in [-0.4, -0.2) is 10.3 Å². The maximum Gasteiger partial charge on any atom is 0.167 e. The average molecular weight is 392 g/mol. The highest BCUT2D eigenvalue weighted by Crippen LogP contribution is 2.33. The van der Waals surface area contributed by atoms with Crippen molar-refractivity contribution in [3.8, 4) is 28.3 Å². The summed E-state index contributed by atoms with van der Waals surface area (Å²) in [6.45, 7) is 6.42. The summed E-state index contributed by atoms with van der Waals surface area (Å²) in [5.41, 5.74) is 2.43. The zero-order valence-electron chi connectivity index (χ0n) is 15.3. The van der Waals surface area contributed by atoms with Crippen molar-refractivity contribution >= 4 is 11.6 Å². The molecule has 0 bridgehead atoms. The lowest BCUT2D eigenvalue weighted by Gasteiger charge is -2.18. The number of benzene rings is 2. The van der Waals surface area contributed by atoms with Crippen molar-refractivity contribution in [2.75, 3.05) is 0 Å². The summed E-state index contributed by atoms with van der Waals surface area (Å²) in [4.78, 5) is 0. The standard InChI is InChI=1S/C21H20ClF2NO2/c1-21(2,3)7-6-13-8-12(4-5-18(13)26)17-11-19(27-25-17)14-9-15(23)20(22)16(24)10-14/h4-5,8-11,26H,6-7H2,1-3H3. The van der Waals surface area contributed by atoms with Crippen LogP contribution < -0.4 is 0 Å². The van der Waals surface area contributed by atoms with Crippen LogP contribution in [0.25, 0.3) is 22.6 Å². The van der Waals surface area contributed by atoms with Gasteiger partial charge in [-0.15, -0.1) is 0 Å². The first-order valence-corrected chi connectivity index (χ1v) is 8.96. The van der Waals surface area contributed by atoms with E-state index in [0.717, 1.165) is 36.1 Å². The van der Waals surface area contributed by atoms with Crippen LogP contribution in [0.1, 0.15) is 32.8 Å². The van der Waals surface area contributed by atoms with Gasteiger partial charge in [0.2, 0.25) is 0 Å². The lowest BCUT2D eigenvalue weighted by molar-refractivity contribution is 0.374. The molecule has 0 saturated carbocycles. The van der Waals surface area contributed by atoms with Gasteiger partial charge in [-0.25, -0.2) is 8.78 Å². The van der Waals surface area contributed by atoms with Gasteiger partial charge >= 0.3 is 0 Å². The molecule has 0 aliphatic heterocycles. The topological polar surface area (TPSA) is 46.3 Å². The number of aromatic hydroxyl groups is 1. The first-order chi connectivity index (χ1) is 12.6. The van der Waals surface area contributed by atoms with E-state index >= 15 is 0 Å². The Hall–Kier alpha value is -2.40. The largest absolute Gasteiger partial charge is 0.508 e. The van der Waals surface area contributed by atoms with Gasteiger partial charge in [-0.1, -0.05) is 37.5 Å². The van der Waals surface area contributed by atoms with Crippen molar-refractivity contribution < 1.29 is 18.4 Å². The second-order valence-corrected chi connectivity index (χ2v) is 8.11. The Kier molecular flexibility index (Phi) is 5.24. The monoisotopic (exact) mass is 391 g/mol. The normalized spacial score (nSPS) is 11.8. The number of rotatable bonds is 4. The van der Waals surface area contributed by atoms with Gasteiger partial charge in [0.1, 0.15) is 28.1 Å². The van der Waals surface area contributed by atoms with Crippen LogP contribution in [0, 0.1) is 17.0 Å². The summed E-state index contributed by atoms with van der Waals surface area (Å²) in [7, 11) is 0. The summed E-state index contributed by atoms with van der Waals surface area (Å²) in [6, 6.07) is 8.99. The molecule has 3 rings (SSSR count). The summed E-state index contributed by atoms with van der Waals surface area (Å²) in [5.74, 6) is -1.27. The average Bonchev–Trinajstić information content (AvgIpc) is 3.08. The summed E-state index contributed by atoms with van der Waals surface area (Å²) < 4.78 is 32.6. The molecule has 1 heterocycles. The molecule has 0 aliphatic rings. The first-order valence-electron chi connectivity index (χ1n) is 8.58. The van der Waals surface area contributed by atoms with E-state index in [9.17, 15) is 13.9 Å². The van der Waals surface area contributed by atoms with Crippen molar-refractivity contribution in [2.45, 2.75) is 33.6 Å². The molecule has 3 aromatic rings. The predicted octanol–water partition coefficient (Wildman–Crippen LogP) is 6.62. The van der Waals surface area contributed by atoms with E-state index in [1.54, 1.807) is 18.2 Å². The lowest BCUT2D eigenvalue weighted by atomic mass is 9.88. The molecule has 0 fully saturated rings. The highest BCUT2D eigenvalue weighted by molar-refractivity contribution is 6.30. The van der Waals surface area contributed by atoms with E-state index < -0.39 is 16.7 Å².